The largest absolute Gasteiger partial charge is 0.465 e. The summed E-state index contributed by atoms with van der Waals surface area (Å²) in [5.41, 5.74) is 17.5. The van der Waals surface area contributed by atoms with Crippen LogP contribution < -0.4 is 0 Å². The zero-order valence-electron chi connectivity index (χ0n) is 42.5. The molecule has 1 aliphatic rings. The Morgan fingerprint density at radius 2 is 0.565 bits per heavy atom. The molecule has 0 aromatic heterocycles. The molecule has 4 aromatic carbocycles. The van der Waals surface area contributed by atoms with Gasteiger partial charge in [-0.3, -0.25) is 0 Å². The van der Waals surface area contributed by atoms with Crippen molar-refractivity contribution in [1.82, 2.24) is 0 Å². The topological polar surface area (TPSA) is 52.6 Å². The van der Waals surface area contributed by atoms with Gasteiger partial charge in [0, 0.05) is 0 Å². The molecule has 0 atom stereocenters. The summed E-state index contributed by atoms with van der Waals surface area (Å²) in [5.74, 6) is 2.73. The molecule has 62 heavy (non-hydrogen) atoms. The summed E-state index contributed by atoms with van der Waals surface area (Å²) in [7, 11) is 2.88. The molecule has 0 bridgehead atoms. The van der Waals surface area contributed by atoms with Gasteiger partial charge in [0.25, 0.3) is 0 Å². The molecule has 0 N–H and O–H groups in total. The first kappa shape index (κ1) is 49.4. The molecule has 0 saturated heterocycles. The molecule has 0 saturated carbocycles. The zero-order chi connectivity index (χ0) is 46.1. The van der Waals surface area contributed by atoms with Crippen LogP contribution in [0.15, 0.2) is 12.1 Å². The summed E-state index contributed by atoms with van der Waals surface area (Å²) in [4.78, 5) is 28.1. The van der Waals surface area contributed by atoms with Crippen molar-refractivity contribution < 1.29 is 19.1 Å². The van der Waals surface area contributed by atoms with Gasteiger partial charge >= 0.3 is 11.9 Å². The average Bonchev–Trinajstić information content (AvgIpc) is 3.16. The first-order chi connectivity index (χ1) is 29.1. The van der Waals surface area contributed by atoms with E-state index in [1.165, 1.54) is 69.1 Å². The molecule has 4 aromatic rings. The molecule has 4 heteroatoms. The van der Waals surface area contributed by atoms with E-state index in [1.807, 2.05) is 0 Å². The number of methoxy groups -OCH3 is 2. The molecule has 1 aliphatic carbocycles. The minimum absolute atomic E-state index is 0.264. The van der Waals surface area contributed by atoms with Crippen LogP contribution in [0.25, 0.3) is 21.5 Å². The number of carbonyl (C=O) groups excluding carboxylic acids is 2. The normalized spacial score (nSPS) is 13.1. The fourth-order valence-electron chi connectivity index (χ4n) is 10.9. The first-order valence-corrected chi connectivity index (χ1v) is 24.5. The number of esters is 2. The molecule has 0 aliphatic heterocycles. The quantitative estimate of drug-likeness (QED) is 0.0651. The number of rotatable bonds is 18. The molecular weight excluding hydrogens is 761 g/mol. The summed E-state index contributed by atoms with van der Waals surface area (Å²) in [5, 5.41) is 5.78. The molecule has 0 spiro atoms. The highest BCUT2D eigenvalue weighted by Crippen LogP contribution is 2.47. The maximum atomic E-state index is 14.1. The molecule has 4 nitrogen and oxygen atoms in total. The van der Waals surface area contributed by atoms with Crippen molar-refractivity contribution >= 4 is 33.5 Å². The minimum atomic E-state index is -0.448. The van der Waals surface area contributed by atoms with Gasteiger partial charge in [0.05, 0.1) is 25.3 Å². The van der Waals surface area contributed by atoms with Crippen LogP contribution >= 0.6 is 0 Å². The second-order valence-corrected chi connectivity index (χ2v) is 22.6. The SMILES string of the molecule is COC(=O)c1c(CC(C)C)c2c(c(CC(C)C)c1C(=O)OC)Cc1c(c(CC(C)C)c3cc4c(CC(C)C)c(CC(C)C)c(CC(C)C)c(CC(C)C)c4cc3c1CC(C)C)C2. The lowest BCUT2D eigenvalue weighted by Gasteiger charge is -2.34. The minimum Gasteiger partial charge on any atom is -0.465 e. The first-order valence-electron chi connectivity index (χ1n) is 24.5. The van der Waals surface area contributed by atoms with Crippen LogP contribution in [-0.2, 0) is 73.7 Å². The third-order valence-corrected chi connectivity index (χ3v) is 13.0. The van der Waals surface area contributed by atoms with Gasteiger partial charge < -0.3 is 9.47 Å². The van der Waals surface area contributed by atoms with Crippen molar-refractivity contribution in [3.63, 3.8) is 0 Å². The third-order valence-electron chi connectivity index (χ3n) is 13.0. The Bertz CT molecular complexity index is 2120. The van der Waals surface area contributed by atoms with E-state index in [0.717, 1.165) is 62.5 Å². The van der Waals surface area contributed by atoms with E-state index in [0.29, 0.717) is 59.5 Å². The van der Waals surface area contributed by atoms with Gasteiger partial charge in [-0.05, 0) is 212 Å². The van der Waals surface area contributed by atoms with Crippen molar-refractivity contribution in [2.45, 2.75) is 175 Å². The monoisotopic (exact) mass is 845 g/mol. The molecule has 0 amide bonds. The maximum Gasteiger partial charge on any atom is 0.339 e. The number of hydrogen-bond acceptors (Lipinski definition) is 4. The Kier molecular flexibility index (Phi) is 16.3. The highest BCUT2D eigenvalue weighted by atomic mass is 16.5. The number of fused-ring (bicyclic) bond motifs is 4. The Balaban J connectivity index is 2.09. The van der Waals surface area contributed by atoms with Gasteiger partial charge in [-0.2, -0.15) is 0 Å². The second kappa shape index (κ2) is 20.5. The predicted octanol–water partition coefficient (Wildman–Crippen LogP) is 14.6. The van der Waals surface area contributed by atoms with E-state index in [9.17, 15) is 9.59 Å². The number of ether oxygens (including phenoxy) is 2. The summed E-state index contributed by atoms with van der Waals surface area (Å²) < 4.78 is 11.1. The number of carbonyl (C=O) groups is 2. The molecule has 340 valence electrons. The summed E-state index contributed by atoms with van der Waals surface area (Å²) in [6.07, 6.45) is 9.16. The van der Waals surface area contributed by atoms with E-state index in [4.69, 9.17) is 9.47 Å². The fourth-order valence-corrected chi connectivity index (χ4v) is 10.9. The smallest absolute Gasteiger partial charge is 0.339 e. The standard InChI is InChI=1S/C58H84O4/c1-31(2)19-39-40(20-32(3)4)42(22-34(7)8)46-28-48-44(24-36(11)12)50-30-52-51(29-49(50)43(23-35(9)10)47(48)27-45(46)41(39)21-33(5)6)53(25-37(13)14)55(57(59)61-17)56(58(60)62-18)54(52)26-38(15)16/h27-28,31-38H,19-26,29-30H2,1-18H3. The second-order valence-electron chi connectivity index (χ2n) is 22.6. The van der Waals surface area contributed by atoms with Gasteiger partial charge in [-0.15, -0.1) is 0 Å². The molecule has 0 fully saturated rings. The summed E-state index contributed by atoms with van der Waals surface area (Å²) >= 11 is 0. The van der Waals surface area contributed by atoms with E-state index in [1.54, 1.807) is 22.3 Å². The lowest BCUT2D eigenvalue weighted by Crippen LogP contribution is -2.26. The lowest BCUT2D eigenvalue weighted by molar-refractivity contribution is 0.0552. The summed E-state index contributed by atoms with van der Waals surface area (Å²) in [6.45, 7) is 37.4. The zero-order valence-corrected chi connectivity index (χ0v) is 42.5. The van der Waals surface area contributed by atoms with Gasteiger partial charge in [-0.25, -0.2) is 9.59 Å². The molecule has 5 rings (SSSR count). The highest BCUT2D eigenvalue weighted by Gasteiger charge is 2.36. The fraction of sp³-hybridized carbons (Fsp3) is 0.621. The predicted molar refractivity (Wildman–Crippen MR) is 265 cm³/mol. The Labute approximate surface area is 377 Å². The Hall–Kier alpha value is -3.66. The maximum absolute atomic E-state index is 14.1. The van der Waals surface area contributed by atoms with Gasteiger partial charge in [0.2, 0.25) is 0 Å². The highest BCUT2D eigenvalue weighted by molar-refractivity contribution is 6.07. The van der Waals surface area contributed by atoms with E-state index in [-0.39, 0.29) is 11.8 Å². The number of hydrogen-bond donors (Lipinski definition) is 0. The van der Waals surface area contributed by atoms with Crippen LogP contribution in [0, 0.1) is 47.3 Å². The van der Waals surface area contributed by atoms with E-state index < -0.39 is 11.9 Å². The van der Waals surface area contributed by atoms with E-state index >= 15 is 0 Å². The summed E-state index contributed by atoms with van der Waals surface area (Å²) in [6, 6.07) is 5.35. The average molecular weight is 845 g/mol. The van der Waals surface area contributed by atoms with Gasteiger partial charge in [-0.1, -0.05) is 111 Å². The van der Waals surface area contributed by atoms with E-state index in [2.05, 4.69) is 123 Å². The molecule has 0 unspecified atom stereocenters. The van der Waals surface area contributed by atoms with Crippen molar-refractivity contribution in [3.05, 3.63) is 90.0 Å². The van der Waals surface area contributed by atoms with Crippen molar-refractivity contribution in [2.75, 3.05) is 14.2 Å². The van der Waals surface area contributed by atoms with Crippen molar-refractivity contribution in [3.8, 4) is 0 Å². The lowest BCUT2D eigenvalue weighted by atomic mass is 9.70. The van der Waals surface area contributed by atoms with Crippen LogP contribution in [0.4, 0.5) is 0 Å². The van der Waals surface area contributed by atoms with Crippen LogP contribution in [0.1, 0.15) is 198 Å². The van der Waals surface area contributed by atoms with Gasteiger partial charge in [0.15, 0.2) is 0 Å². The molecule has 0 radical (unpaired) electrons. The van der Waals surface area contributed by atoms with Crippen LogP contribution in [0.5, 0.6) is 0 Å². The Morgan fingerprint density at radius 1 is 0.355 bits per heavy atom. The third kappa shape index (κ3) is 10.5. The molecular formula is C58H84O4. The van der Waals surface area contributed by atoms with Crippen LogP contribution in [0.2, 0.25) is 0 Å². The van der Waals surface area contributed by atoms with Crippen molar-refractivity contribution in [2.24, 2.45) is 47.3 Å². The van der Waals surface area contributed by atoms with Crippen molar-refractivity contribution in [1.29, 1.82) is 0 Å². The molecule has 0 heterocycles. The number of benzene rings is 4. The van der Waals surface area contributed by atoms with Gasteiger partial charge in [0.1, 0.15) is 0 Å². The Morgan fingerprint density at radius 3 is 0.823 bits per heavy atom. The van der Waals surface area contributed by atoms with Crippen LogP contribution in [-0.4, -0.2) is 26.2 Å². The van der Waals surface area contributed by atoms with Crippen LogP contribution in [0.3, 0.4) is 0 Å².